The highest BCUT2D eigenvalue weighted by Gasteiger charge is 2.73. The number of alkyl halides is 10. The lowest BCUT2D eigenvalue weighted by molar-refractivity contribution is -0.348. The van der Waals surface area contributed by atoms with Crippen LogP contribution in [0.4, 0.5) is 65.5 Å². The predicted molar refractivity (Wildman–Crippen MR) is 144 cm³/mol. The number of terminal acetylenes is 1. The highest BCUT2D eigenvalue weighted by molar-refractivity contribution is 14.1. The van der Waals surface area contributed by atoms with Crippen LogP contribution in [0.2, 0.25) is 0 Å². The third kappa shape index (κ3) is 6.80. The number of hydrogen-bond acceptors (Lipinski definition) is 3. The summed E-state index contributed by atoms with van der Waals surface area (Å²) in [5.41, 5.74) is -14.3. The smallest absolute Gasteiger partial charge is 0.361 e. The maximum atomic E-state index is 15.6. The van der Waals surface area contributed by atoms with Crippen LogP contribution in [0.1, 0.15) is 31.8 Å². The molecule has 0 fully saturated rings. The summed E-state index contributed by atoms with van der Waals surface area (Å²) in [6.45, 7) is 6.31. The Kier molecular flexibility index (Phi) is 9.73. The van der Waals surface area contributed by atoms with Gasteiger partial charge in [-0.05, 0) is 52.9 Å². The lowest BCUT2D eigenvalue weighted by atomic mass is 9.92. The van der Waals surface area contributed by atoms with Gasteiger partial charge in [0.2, 0.25) is 0 Å². The Balaban J connectivity index is 2.11. The molecular formula is C27H12F11IN4O2. The second kappa shape index (κ2) is 12.5. The molecule has 1 heterocycles. The van der Waals surface area contributed by atoms with Crippen molar-refractivity contribution < 1.29 is 57.9 Å². The zero-order valence-corrected chi connectivity index (χ0v) is 23.8. The molecule has 6 nitrogen and oxygen atoms in total. The van der Waals surface area contributed by atoms with Crippen LogP contribution < -0.4 is 10.2 Å². The molecule has 3 rings (SSSR count). The largest absolute Gasteiger partial charge is 0.435 e. The Morgan fingerprint density at radius 1 is 1.00 bits per heavy atom. The fourth-order valence-electron chi connectivity index (χ4n) is 3.82. The number of aromatic nitrogens is 1. The van der Waals surface area contributed by atoms with Gasteiger partial charge in [-0.2, -0.15) is 39.5 Å². The molecule has 3 aromatic rings. The molecule has 2 amide bonds. The van der Waals surface area contributed by atoms with Crippen LogP contribution in [-0.4, -0.2) is 35.7 Å². The Morgan fingerprint density at radius 3 is 2.11 bits per heavy atom. The number of carbonyl (C=O) groups excluding carboxylic acids is 2. The molecule has 0 radical (unpaired) electrons. The average molecular weight is 760 g/mol. The minimum absolute atomic E-state index is 0.0881. The monoisotopic (exact) mass is 760 g/mol. The molecule has 0 aliphatic carbocycles. The van der Waals surface area contributed by atoms with Gasteiger partial charge >= 0.3 is 24.2 Å². The Hall–Kier alpha value is -4.46. The fourth-order valence-corrected chi connectivity index (χ4v) is 4.58. The molecular weight excluding hydrogens is 748 g/mol. The van der Waals surface area contributed by atoms with Crippen LogP contribution in [0.25, 0.3) is 4.85 Å². The van der Waals surface area contributed by atoms with E-state index in [2.05, 4.69) is 15.7 Å². The highest BCUT2D eigenvalue weighted by Crippen LogP contribution is 2.54. The standard InChI is InChI=1S/C27H12F11IN4O2/c1-3-9-43(23(45)13-7-8-19(40-2)41-12-13)18-6-4-5-15(20(18)28)22(44)42-21-16(25(30,31)32)10-14(11-17(21)39)24(29,26(33,34)35)27(36,37)38/h1,4-8,10-12H,9H2,(H,42,44). The predicted octanol–water partition coefficient (Wildman–Crippen LogP) is 8.22. The number of benzene rings is 2. The molecule has 0 unspecified atom stereocenters. The summed E-state index contributed by atoms with van der Waals surface area (Å²) in [7, 11) is 0. The van der Waals surface area contributed by atoms with E-state index in [1.165, 1.54) is 0 Å². The molecule has 1 N–H and O–H groups in total. The minimum atomic E-state index is -6.73. The van der Waals surface area contributed by atoms with Gasteiger partial charge < -0.3 is 10.2 Å². The van der Waals surface area contributed by atoms with Crippen LogP contribution in [0.5, 0.6) is 0 Å². The van der Waals surface area contributed by atoms with Gasteiger partial charge in [-0.1, -0.05) is 24.6 Å². The molecule has 45 heavy (non-hydrogen) atoms. The average Bonchev–Trinajstić information content (AvgIpc) is 2.94. The van der Waals surface area contributed by atoms with Crippen molar-refractivity contribution in [3.8, 4) is 12.3 Å². The summed E-state index contributed by atoms with van der Waals surface area (Å²) >= 11 is 0.849. The zero-order valence-electron chi connectivity index (χ0n) is 21.6. The molecule has 0 saturated carbocycles. The van der Waals surface area contributed by atoms with Gasteiger partial charge in [-0.3, -0.25) is 14.5 Å². The topological polar surface area (TPSA) is 66.7 Å². The number of nitrogens with zero attached hydrogens (tertiary/aromatic N) is 3. The van der Waals surface area contributed by atoms with Gasteiger partial charge in [0.1, 0.15) is 6.20 Å². The van der Waals surface area contributed by atoms with Gasteiger partial charge in [0.15, 0.2) is 5.82 Å². The summed E-state index contributed by atoms with van der Waals surface area (Å²) in [6.07, 6.45) is -13.0. The van der Waals surface area contributed by atoms with Crippen LogP contribution in [0.3, 0.4) is 0 Å². The normalized spacial score (nSPS) is 12.2. The maximum absolute atomic E-state index is 15.6. The molecule has 18 heteroatoms. The van der Waals surface area contributed by atoms with Crippen molar-refractivity contribution in [1.82, 2.24) is 4.98 Å². The molecule has 1 aromatic heterocycles. The van der Waals surface area contributed by atoms with Gasteiger partial charge in [0, 0.05) is 9.13 Å². The third-order valence-electron chi connectivity index (χ3n) is 5.93. The zero-order chi connectivity index (χ0) is 34.1. The van der Waals surface area contributed by atoms with E-state index in [1.807, 2.05) is 0 Å². The highest BCUT2D eigenvalue weighted by atomic mass is 127. The summed E-state index contributed by atoms with van der Waals surface area (Å²) in [5, 5.41) is 1.60. The van der Waals surface area contributed by atoms with E-state index in [4.69, 9.17) is 13.0 Å². The summed E-state index contributed by atoms with van der Waals surface area (Å²) < 4.78 is 150. The van der Waals surface area contributed by atoms with Crippen molar-refractivity contribution >= 4 is 51.6 Å². The van der Waals surface area contributed by atoms with Crippen molar-refractivity contribution in [2.45, 2.75) is 24.2 Å². The molecule has 0 spiro atoms. The molecule has 0 aliphatic rings. The second-order valence-corrected chi connectivity index (χ2v) is 9.90. The molecule has 0 aliphatic heterocycles. The number of nitrogens with one attached hydrogen (secondary N) is 1. The van der Waals surface area contributed by atoms with E-state index >= 15 is 4.39 Å². The number of anilines is 2. The number of pyridine rings is 1. The van der Waals surface area contributed by atoms with Gasteiger partial charge in [-0.25, -0.2) is 8.78 Å². The number of hydrogen-bond donors (Lipinski definition) is 1. The lowest BCUT2D eigenvalue weighted by Gasteiger charge is -2.31. The third-order valence-corrected chi connectivity index (χ3v) is 6.78. The Labute approximate surface area is 259 Å². The maximum Gasteiger partial charge on any atom is 0.435 e. The quantitative estimate of drug-likeness (QED) is 0.119. The Morgan fingerprint density at radius 2 is 1.62 bits per heavy atom. The van der Waals surface area contributed by atoms with Crippen LogP contribution in [0.15, 0.2) is 48.7 Å². The van der Waals surface area contributed by atoms with Crippen molar-refractivity contribution in [2.75, 3.05) is 16.8 Å². The van der Waals surface area contributed by atoms with Gasteiger partial charge in [-0.15, -0.1) is 11.4 Å². The van der Waals surface area contributed by atoms with Crippen LogP contribution in [0, 0.1) is 28.3 Å². The summed E-state index contributed by atoms with van der Waals surface area (Å²) in [5.74, 6) is -2.17. The fraction of sp³-hybridized carbons (Fsp3) is 0.185. The summed E-state index contributed by atoms with van der Waals surface area (Å²) in [6, 6.07) is 4.08. The second-order valence-electron chi connectivity index (χ2n) is 8.74. The van der Waals surface area contributed by atoms with Crippen LogP contribution in [-0.2, 0) is 11.8 Å². The van der Waals surface area contributed by atoms with Gasteiger partial charge in [0.25, 0.3) is 17.6 Å². The number of rotatable bonds is 6. The SMILES string of the molecule is [C-]#[N+]c1ccc(C(=O)N(CC#C)c2cccc(C(=O)Nc3c(I)cc(C(F)(C(F)(F)F)C(F)(F)F)cc3C(F)(F)F)c2F)cn1. The molecule has 0 saturated heterocycles. The van der Waals surface area contributed by atoms with E-state index < -0.39 is 86.1 Å². The molecule has 0 atom stereocenters. The van der Waals surface area contributed by atoms with Crippen LogP contribution >= 0.6 is 22.6 Å². The van der Waals surface area contributed by atoms with Gasteiger partial charge in [0.05, 0.1) is 34.6 Å². The summed E-state index contributed by atoms with van der Waals surface area (Å²) in [4.78, 5) is 33.4. The van der Waals surface area contributed by atoms with E-state index in [0.717, 1.165) is 59.1 Å². The first-order valence-corrected chi connectivity index (χ1v) is 12.7. The Bertz CT molecular complexity index is 1710. The minimum Gasteiger partial charge on any atom is -0.361 e. The molecule has 236 valence electrons. The van der Waals surface area contributed by atoms with E-state index in [-0.39, 0.29) is 17.4 Å². The first-order chi connectivity index (χ1) is 20.7. The lowest BCUT2D eigenvalue weighted by Crippen LogP contribution is -2.50. The number of amides is 2. The van der Waals surface area contributed by atoms with E-state index in [1.54, 1.807) is 5.32 Å². The first kappa shape index (κ1) is 35.0. The number of carbonyl (C=O) groups is 2. The van der Waals surface area contributed by atoms with E-state index in [0.29, 0.717) is 4.90 Å². The van der Waals surface area contributed by atoms with E-state index in [9.17, 15) is 53.5 Å². The molecule has 0 bridgehead atoms. The molecule has 2 aromatic carbocycles. The van der Waals surface area contributed by atoms with Crippen molar-refractivity contribution in [1.29, 1.82) is 0 Å². The first-order valence-electron chi connectivity index (χ1n) is 11.6. The van der Waals surface area contributed by atoms with Crippen molar-refractivity contribution in [2.24, 2.45) is 0 Å². The number of halogens is 12. The van der Waals surface area contributed by atoms with Crippen molar-refractivity contribution in [3.05, 3.63) is 91.7 Å². The van der Waals surface area contributed by atoms with Crippen molar-refractivity contribution in [3.63, 3.8) is 0 Å².